The molecule has 100 valence electrons. The molecule has 2 rings (SSSR count). The lowest BCUT2D eigenvalue weighted by molar-refractivity contribution is 0.456. The summed E-state index contributed by atoms with van der Waals surface area (Å²) in [6.45, 7) is 4.84. The van der Waals surface area contributed by atoms with Crippen LogP contribution in [0.2, 0.25) is 0 Å². The molecule has 0 saturated carbocycles. The Morgan fingerprint density at radius 3 is 2.58 bits per heavy atom. The lowest BCUT2D eigenvalue weighted by Gasteiger charge is -2.11. The van der Waals surface area contributed by atoms with E-state index < -0.39 is 0 Å². The van der Waals surface area contributed by atoms with Crippen LogP contribution in [0.15, 0.2) is 42.6 Å². The van der Waals surface area contributed by atoms with Crippen LogP contribution < -0.4 is 10.5 Å². The van der Waals surface area contributed by atoms with Gasteiger partial charge in [0.2, 0.25) is 5.88 Å². The Balaban J connectivity index is 2.15. The number of nitrogens with zero attached hydrogens (tertiary/aromatic N) is 1. The van der Waals surface area contributed by atoms with E-state index in [0.29, 0.717) is 18.3 Å². The number of pyridine rings is 1. The minimum Gasteiger partial charge on any atom is -0.439 e. The van der Waals surface area contributed by atoms with Crippen LogP contribution in [-0.4, -0.2) is 4.98 Å². The topological polar surface area (TPSA) is 48.1 Å². The van der Waals surface area contributed by atoms with Crippen molar-refractivity contribution in [2.24, 2.45) is 5.73 Å². The summed E-state index contributed by atoms with van der Waals surface area (Å²) < 4.78 is 5.78. The largest absolute Gasteiger partial charge is 0.439 e. The van der Waals surface area contributed by atoms with Gasteiger partial charge in [-0.3, -0.25) is 0 Å². The highest BCUT2D eigenvalue weighted by Gasteiger charge is 2.06. The Labute approximate surface area is 114 Å². The summed E-state index contributed by atoms with van der Waals surface area (Å²) in [5.41, 5.74) is 7.91. The van der Waals surface area contributed by atoms with Crippen LogP contribution in [0.4, 0.5) is 0 Å². The molecule has 1 heterocycles. The van der Waals surface area contributed by atoms with Crippen molar-refractivity contribution in [2.45, 2.75) is 32.7 Å². The highest BCUT2D eigenvalue weighted by molar-refractivity contribution is 5.34. The van der Waals surface area contributed by atoms with E-state index in [1.807, 2.05) is 24.3 Å². The van der Waals surface area contributed by atoms with Crippen LogP contribution in [-0.2, 0) is 6.54 Å². The average Bonchev–Trinajstić information content (AvgIpc) is 2.48. The van der Waals surface area contributed by atoms with Gasteiger partial charge in [0.1, 0.15) is 5.75 Å². The predicted molar refractivity (Wildman–Crippen MR) is 77.4 cm³/mol. The Hall–Kier alpha value is -1.87. The molecule has 1 atom stereocenters. The highest BCUT2D eigenvalue weighted by Crippen LogP contribution is 2.25. The zero-order valence-corrected chi connectivity index (χ0v) is 11.5. The fourth-order valence-electron chi connectivity index (χ4n) is 1.88. The lowest BCUT2D eigenvalue weighted by atomic mass is 9.99. The number of hydrogen-bond acceptors (Lipinski definition) is 3. The summed E-state index contributed by atoms with van der Waals surface area (Å²) in [5.74, 6) is 1.95. The van der Waals surface area contributed by atoms with Crippen molar-refractivity contribution < 1.29 is 4.74 Å². The van der Waals surface area contributed by atoms with Crippen LogP contribution in [0, 0.1) is 0 Å². The fraction of sp³-hybridized carbons (Fsp3) is 0.312. The minimum absolute atomic E-state index is 0.425. The molecule has 19 heavy (non-hydrogen) atoms. The molecule has 2 N–H and O–H groups in total. The number of aromatic nitrogens is 1. The second kappa shape index (κ2) is 6.34. The highest BCUT2D eigenvalue weighted by atomic mass is 16.5. The van der Waals surface area contributed by atoms with Crippen molar-refractivity contribution in [3.05, 3.63) is 53.7 Å². The third-order valence-electron chi connectivity index (χ3n) is 3.35. The van der Waals surface area contributed by atoms with E-state index >= 15 is 0 Å². The first-order valence-electron chi connectivity index (χ1n) is 6.66. The van der Waals surface area contributed by atoms with Crippen LogP contribution in [0.25, 0.3) is 0 Å². The van der Waals surface area contributed by atoms with E-state index in [0.717, 1.165) is 17.7 Å². The summed E-state index contributed by atoms with van der Waals surface area (Å²) in [5, 5.41) is 0. The summed E-state index contributed by atoms with van der Waals surface area (Å²) in [6, 6.07) is 12.0. The van der Waals surface area contributed by atoms with Crippen LogP contribution in [0.3, 0.4) is 0 Å². The number of ether oxygens (including phenoxy) is 1. The summed E-state index contributed by atoms with van der Waals surface area (Å²) in [4.78, 5) is 4.22. The SMILES string of the molecule is CCC(C)c1ccc(Oc2ncccc2CN)cc1. The van der Waals surface area contributed by atoms with E-state index in [4.69, 9.17) is 10.5 Å². The molecule has 1 aromatic heterocycles. The molecule has 0 aliphatic carbocycles. The standard InChI is InChI=1S/C16H20N2O/c1-3-12(2)13-6-8-15(9-7-13)19-16-14(11-17)5-4-10-18-16/h4-10,12H,3,11,17H2,1-2H3. The molecule has 0 spiro atoms. The average molecular weight is 256 g/mol. The molecule has 0 bridgehead atoms. The van der Waals surface area contributed by atoms with Crippen molar-refractivity contribution in [3.8, 4) is 11.6 Å². The number of rotatable bonds is 5. The minimum atomic E-state index is 0.425. The van der Waals surface area contributed by atoms with Gasteiger partial charge in [-0.05, 0) is 36.1 Å². The van der Waals surface area contributed by atoms with Crippen molar-refractivity contribution >= 4 is 0 Å². The molecule has 0 saturated heterocycles. The van der Waals surface area contributed by atoms with E-state index in [1.165, 1.54) is 5.56 Å². The van der Waals surface area contributed by atoms with Gasteiger partial charge in [0.15, 0.2) is 0 Å². The maximum atomic E-state index is 5.78. The van der Waals surface area contributed by atoms with Crippen LogP contribution >= 0.6 is 0 Å². The van der Waals surface area contributed by atoms with Gasteiger partial charge in [-0.1, -0.05) is 32.0 Å². The van der Waals surface area contributed by atoms with E-state index in [9.17, 15) is 0 Å². The van der Waals surface area contributed by atoms with Gasteiger partial charge in [0.25, 0.3) is 0 Å². The zero-order chi connectivity index (χ0) is 13.7. The normalized spacial score (nSPS) is 12.2. The maximum Gasteiger partial charge on any atom is 0.223 e. The molecular formula is C16H20N2O. The maximum absolute atomic E-state index is 5.78. The van der Waals surface area contributed by atoms with Crippen molar-refractivity contribution in [2.75, 3.05) is 0 Å². The van der Waals surface area contributed by atoms with Crippen LogP contribution in [0.1, 0.15) is 37.3 Å². The van der Waals surface area contributed by atoms with Gasteiger partial charge in [0.05, 0.1) is 0 Å². The second-order valence-corrected chi connectivity index (χ2v) is 4.65. The number of nitrogens with two attached hydrogens (primary N) is 1. The molecule has 1 aromatic carbocycles. The Bertz CT molecular complexity index is 523. The number of hydrogen-bond donors (Lipinski definition) is 1. The predicted octanol–water partition coefficient (Wildman–Crippen LogP) is 3.85. The fourth-order valence-corrected chi connectivity index (χ4v) is 1.88. The summed E-state index contributed by atoms with van der Waals surface area (Å²) in [7, 11) is 0. The molecule has 0 fully saturated rings. The van der Waals surface area contributed by atoms with Gasteiger partial charge < -0.3 is 10.5 Å². The molecule has 3 nitrogen and oxygen atoms in total. The smallest absolute Gasteiger partial charge is 0.223 e. The van der Waals surface area contributed by atoms with Crippen molar-refractivity contribution in [1.82, 2.24) is 4.98 Å². The monoisotopic (exact) mass is 256 g/mol. The number of benzene rings is 1. The first-order chi connectivity index (χ1) is 9.24. The third kappa shape index (κ3) is 3.32. The first-order valence-corrected chi connectivity index (χ1v) is 6.66. The second-order valence-electron chi connectivity index (χ2n) is 4.65. The third-order valence-corrected chi connectivity index (χ3v) is 3.35. The molecule has 0 aliphatic rings. The van der Waals surface area contributed by atoms with Gasteiger partial charge in [0, 0.05) is 18.3 Å². The van der Waals surface area contributed by atoms with Gasteiger partial charge >= 0.3 is 0 Å². The Kier molecular flexibility index (Phi) is 4.53. The molecule has 3 heteroatoms. The van der Waals surface area contributed by atoms with E-state index in [2.05, 4.69) is 31.0 Å². The first kappa shape index (κ1) is 13.6. The summed E-state index contributed by atoms with van der Waals surface area (Å²) >= 11 is 0. The van der Waals surface area contributed by atoms with Gasteiger partial charge in [-0.2, -0.15) is 0 Å². The summed E-state index contributed by atoms with van der Waals surface area (Å²) in [6.07, 6.45) is 2.85. The molecule has 0 radical (unpaired) electrons. The molecular weight excluding hydrogens is 236 g/mol. The zero-order valence-electron chi connectivity index (χ0n) is 11.5. The Morgan fingerprint density at radius 1 is 1.21 bits per heavy atom. The molecule has 2 aromatic rings. The van der Waals surface area contributed by atoms with Crippen molar-refractivity contribution in [1.29, 1.82) is 0 Å². The molecule has 1 unspecified atom stereocenters. The van der Waals surface area contributed by atoms with Gasteiger partial charge in [-0.15, -0.1) is 0 Å². The van der Waals surface area contributed by atoms with Gasteiger partial charge in [-0.25, -0.2) is 4.98 Å². The van der Waals surface area contributed by atoms with E-state index in [1.54, 1.807) is 6.20 Å². The van der Waals surface area contributed by atoms with Crippen molar-refractivity contribution in [3.63, 3.8) is 0 Å². The Morgan fingerprint density at radius 2 is 1.95 bits per heavy atom. The molecule has 0 amide bonds. The lowest BCUT2D eigenvalue weighted by Crippen LogP contribution is -2.00. The quantitative estimate of drug-likeness (QED) is 0.884. The van der Waals surface area contributed by atoms with Crippen LogP contribution in [0.5, 0.6) is 11.6 Å². The van der Waals surface area contributed by atoms with E-state index in [-0.39, 0.29) is 0 Å². The molecule has 0 aliphatic heterocycles.